The second-order valence-electron chi connectivity index (χ2n) is 5.83. The van der Waals surface area contributed by atoms with Crippen LogP contribution in [0.25, 0.3) is 0 Å². The Bertz CT molecular complexity index is 1050. The summed E-state index contributed by atoms with van der Waals surface area (Å²) < 4.78 is 33.0. The van der Waals surface area contributed by atoms with Crippen molar-refractivity contribution in [1.29, 1.82) is 0 Å². The number of nitrogens with zero attached hydrogens (tertiary/aromatic N) is 2. The molecular weight excluding hydrogens is 376 g/mol. The summed E-state index contributed by atoms with van der Waals surface area (Å²) in [6.45, 7) is 1.80. The van der Waals surface area contributed by atoms with Gasteiger partial charge in [-0.1, -0.05) is 23.7 Å². The molecule has 8 heteroatoms. The number of hydrogen-bond acceptors (Lipinski definition) is 4. The Labute approximate surface area is 159 Å². The SMILES string of the molecule is COc1cnc(Nc2cccc(Cl)c2C)n(Cc2ccc(F)c(F)c2)c1=O. The van der Waals surface area contributed by atoms with Crippen LogP contribution < -0.4 is 15.6 Å². The molecule has 1 heterocycles. The van der Waals surface area contributed by atoms with Crippen LogP contribution in [0.4, 0.5) is 20.4 Å². The van der Waals surface area contributed by atoms with E-state index in [9.17, 15) is 13.6 Å². The first-order valence-corrected chi connectivity index (χ1v) is 8.38. The average molecular weight is 392 g/mol. The molecule has 2 aromatic carbocycles. The Morgan fingerprint density at radius 1 is 1.22 bits per heavy atom. The van der Waals surface area contributed by atoms with Crippen molar-refractivity contribution in [1.82, 2.24) is 9.55 Å². The molecule has 0 saturated heterocycles. The molecule has 27 heavy (non-hydrogen) atoms. The number of nitrogens with one attached hydrogen (secondary N) is 1. The van der Waals surface area contributed by atoms with E-state index >= 15 is 0 Å². The van der Waals surface area contributed by atoms with Crippen molar-refractivity contribution in [3.05, 3.63) is 80.7 Å². The smallest absolute Gasteiger partial charge is 0.297 e. The molecule has 1 N–H and O–H groups in total. The van der Waals surface area contributed by atoms with E-state index in [-0.39, 0.29) is 18.2 Å². The zero-order chi connectivity index (χ0) is 19.6. The van der Waals surface area contributed by atoms with Crippen LogP contribution in [0.3, 0.4) is 0 Å². The third kappa shape index (κ3) is 3.93. The van der Waals surface area contributed by atoms with Gasteiger partial charge in [0.15, 0.2) is 11.6 Å². The minimum atomic E-state index is -0.989. The molecule has 1 aromatic heterocycles. The molecule has 5 nitrogen and oxygen atoms in total. The lowest BCUT2D eigenvalue weighted by Gasteiger charge is -2.16. The molecule has 0 bridgehead atoms. The van der Waals surface area contributed by atoms with E-state index in [1.54, 1.807) is 18.2 Å². The molecule has 0 radical (unpaired) electrons. The highest BCUT2D eigenvalue weighted by Crippen LogP contribution is 2.25. The number of anilines is 2. The monoisotopic (exact) mass is 391 g/mol. The molecule has 3 aromatic rings. The summed E-state index contributed by atoms with van der Waals surface area (Å²) in [5.74, 6) is -1.69. The van der Waals surface area contributed by atoms with Gasteiger partial charge in [0.2, 0.25) is 11.7 Å². The van der Waals surface area contributed by atoms with E-state index in [2.05, 4.69) is 10.3 Å². The largest absolute Gasteiger partial charge is 0.490 e. The summed E-state index contributed by atoms with van der Waals surface area (Å²) in [5, 5.41) is 3.62. The van der Waals surface area contributed by atoms with Crippen molar-refractivity contribution in [3.63, 3.8) is 0 Å². The van der Waals surface area contributed by atoms with Crippen LogP contribution >= 0.6 is 11.6 Å². The molecule has 0 fully saturated rings. The Kier molecular flexibility index (Phi) is 5.41. The molecule has 0 spiro atoms. The summed E-state index contributed by atoms with van der Waals surface area (Å²) in [6, 6.07) is 8.75. The second-order valence-corrected chi connectivity index (χ2v) is 6.23. The summed E-state index contributed by atoms with van der Waals surface area (Å²) in [4.78, 5) is 16.9. The van der Waals surface area contributed by atoms with Gasteiger partial charge in [0.1, 0.15) is 0 Å². The molecule has 0 aliphatic rings. The molecular formula is C19H16ClF2N3O2. The van der Waals surface area contributed by atoms with Crippen molar-refractivity contribution in [3.8, 4) is 5.75 Å². The molecule has 0 aliphatic heterocycles. The molecule has 3 rings (SSSR count). The Morgan fingerprint density at radius 2 is 2.00 bits per heavy atom. The van der Waals surface area contributed by atoms with E-state index in [0.29, 0.717) is 16.3 Å². The van der Waals surface area contributed by atoms with Crippen LogP contribution in [0.5, 0.6) is 5.75 Å². The van der Waals surface area contributed by atoms with Crippen LogP contribution in [-0.4, -0.2) is 16.7 Å². The third-order valence-electron chi connectivity index (χ3n) is 4.07. The maximum Gasteiger partial charge on any atom is 0.297 e. The lowest BCUT2D eigenvalue weighted by atomic mass is 10.2. The third-order valence-corrected chi connectivity index (χ3v) is 4.48. The second kappa shape index (κ2) is 7.75. The standard InChI is InChI=1S/C19H16ClF2N3O2/c1-11-13(20)4-3-5-16(11)24-19-23-9-17(27-2)18(26)25(19)10-12-6-7-14(21)15(22)8-12/h3-9H,10H2,1-2H3,(H,23,24). The van der Waals surface area contributed by atoms with Crippen molar-refractivity contribution < 1.29 is 13.5 Å². The lowest BCUT2D eigenvalue weighted by molar-refractivity contribution is 0.401. The molecule has 0 unspecified atom stereocenters. The van der Waals surface area contributed by atoms with Crippen molar-refractivity contribution in [2.24, 2.45) is 0 Å². The summed E-state index contributed by atoms with van der Waals surface area (Å²) in [6.07, 6.45) is 1.30. The number of aromatic nitrogens is 2. The predicted molar refractivity (Wildman–Crippen MR) is 100.0 cm³/mol. The van der Waals surface area contributed by atoms with Gasteiger partial charge in [-0.25, -0.2) is 13.8 Å². The van der Waals surface area contributed by atoms with Crippen LogP contribution in [0.15, 0.2) is 47.4 Å². The van der Waals surface area contributed by atoms with Gasteiger partial charge in [-0.3, -0.25) is 9.36 Å². The fourth-order valence-corrected chi connectivity index (χ4v) is 2.72. The maximum atomic E-state index is 13.5. The van der Waals surface area contributed by atoms with Gasteiger partial charge in [0.25, 0.3) is 5.56 Å². The van der Waals surface area contributed by atoms with Gasteiger partial charge in [0.05, 0.1) is 19.9 Å². The van der Waals surface area contributed by atoms with Gasteiger partial charge in [0, 0.05) is 10.7 Å². The van der Waals surface area contributed by atoms with E-state index in [1.807, 2.05) is 6.92 Å². The number of halogens is 3. The van der Waals surface area contributed by atoms with Crippen molar-refractivity contribution in [2.45, 2.75) is 13.5 Å². The number of ether oxygens (including phenoxy) is 1. The van der Waals surface area contributed by atoms with Crippen molar-refractivity contribution >= 4 is 23.2 Å². The number of hydrogen-bond donors (Lipinski definition) is 1. The Balaban J connectivity index is 2.06. The normalized spacial score (nSPS) is 10.7. The minimum absolute atomic E-state index is 0.0256. The Morgan fingerprint density at radius 3 is 2.70 bits per heavy atom. The lowest BCUT2D eigenvalue weighted by Crippen LogP contribution is -2.25. The van der Waals surface area contributed by atoms with Gasteiger partial charge in [-0.05, 0) is 42.3 Å². The molecule has 140 valence electrons. The van der Waals surface area contributed by atoms with E-state index in [4.69, 9.17) is 16.3 Å². The number of rotatable bonds is 5. The molecule has 0 atom stereocenters. The summed E-state index contributed by atoms with van der Waals surface area (Å²) in [7, 11) is 1.36. The van der Waals surface area contributed by atoms with Gasteiger partial charge < -0.3 is 10.1 Å². The van der Waals surface area contributed by atoms with E-state index in [0.717, 1.165) is 17.7 Å². The Hall–Kier alpha value is -2.93. The average Bonchev–Trinajstić information content (AvgIpc) is 2.65. The van der Waals surface area contributed by atoms with Gasteiger partial charge in [-0.15, -0.1) is 0 Å². The fourth-order valence-electron chi connectivity index (χ4n) is 2.54. The highest BCUT2D eigenvalue weighted by molar-refractivity contribution is 6.31. The van der Waals surface area contributed by atoms with Gasteiger partial charge >= 0.3 is 0 Å². The molecule has 0 aliphatic carbocycles. The van der Waals surface area contributed by atoms with Crippen LogP contribution in [0, 0.1) is 18.6 Å². The van der Waals surface area contributed by atoms with Crippen LogP contribution in [-0.2, 0) is 6.54 Å². The first-order valence-electron chi connectivity index (χ1n) is 8.00. The molecule has 0 amide bonds. The summed E-state index contributed by atoms with van der Waals surface area (Å²) >= 11 is 6.13. The van der Waals surface area contributed by atoms with E-state index < -0.39 is 17.2 Å². The van der Waals surface area contributed by atoms with E-state index in [1.165, 1.54) is 23.9 Å². The zero-order valence-electron chi connectivity index (χ0n) is 14.6. The van der Waals surface area contributed by atoms with Crippen molar-refractivity contribution in [2.75, 3.05) is 12.4 Å². The number of benzene rings is 2. The van der Waals surface area contributed by atoms with Crippen LogP contribution in [0.1, 0.15) is 11.1 Å². The quantitative estimate of drug-likeness (QED) is 0.705. The number of methoxy groups -OCH3 is 1. The van der Waals surface area contributed by atoms with Gasteiger partial charge in [-0.2, -0.15) is 0 Å². The minimum Gasteiger partial charge on any atom is -0.490 e. The first kappa shape index (κ1) is 18.8. The zero-order valence-corrected chi connectivity index (χ0v) is 15.3. The molecule has 0 saturated carbocycles. The highest BCUT2D eigenvalue weighted by atomic mass is 35.5. The highest BCUT2D eigenvalue weighted by Gasteiger charge is 2.14. The topological polar surface area (TPSA) is 56.1 Å². The summed E-state index contributed by atoms with van der Waals surface area (Å²) in [5.41, 5.74) is 1.39. The fraction of sp³-hybridized carbons (Fsp3) is 0.158. The maximum absolute atomic E-state index is 13.5. The first-order chi connectivity index (χ1) is 12.9. The van der Waals surface area contributed by atoms with Crippen LogP contribution in [0.2, 0.25) is 5.02 Å². The predicted octanol–water partition coefficient (Wildman–Crippen LogP) is 4.28.